The zero-order valence-electron chi connectivity index (χ0n) is 27.1. The number of alkyl halides is 1. The molecule has 0 aromatic heterocycles. The third-order valence-corrected chi connectivity index (χ3v) is 10.9. The molecule has 0 radical (unpaired) electrons. The average molecular weight is 729 g/mol. The van der Waals surface area contributed by atoms with E-state index in [1.165, 1.54) is 4.90 Å². The first kappa shape index (κ1) is 35.1. The normalized spacial score (nSPS) is 27.2. The predicted octanol–water partition coefficient (Wildman–Crippen LogP) is 5.63. The van der Waals surface area contributed by atoms with Gasteiger partial charge in [0.1, 0.15) is 17.4 Å². The maximum atomic E-state index is 14.9. The van der Waals surface area contributed by atoms with Crippen molar-refractivity contribution in [1.29, 1.82) is 0 Å². The molecule has 3 aliphatic heterocycles. The van der Waals surface area contributed by atoms with Crippen LogP contribution in [0.4, 0.5) is 11.4 Å². The molecule has 3 fully saturated rings. The number of aliphatic hydroxyl groups excluding tert-OH is 1. The Bertz CT molecular complexity index is 1490. The molecule has 11 heteroatoms. The molecule has 9 nitrogen and oxygen atoms in total. The van der Waals surface area contributed by atoms with Crippen LogP contribution in [0.15, 0.2) is 73.8 Å². The van der Waals surface area contributed by atoms with Crippen molar-refractivity contribution in [2.24, 2.45) is 17.8 Å². The quantitative estimate of drug-likeness (QED) is 0.200. The van der Waals surface area contributed by atoms with Gasteiger partial charge in [0.15, 0.2) is 0 Å². The highest BCUT2D eigenvalue weighted by atomic mass is 79.9. The lowest BCUT2D eigenvalue weighted by Gasteiger charge is -2.41. The van der Waals surface area contributed by atoms with E-state index >= 15 is 0 Å². The van der Waals surface area contributed by atoms with Crippen LogP contribution in [-0.2, 0) is 19.1 Å². The minimum Gasteiger partial charge on any atom is -0.494 e. The second-order valence-corrected chi connectivity index (χ2v) is 14.0. The van der Waals surface area contributed by atoms with Gasteiger partial charge in [0, 0.05) is 34.3 Å². The molecule has 8 atom stereocenters. The second-order valence-electron chi connectivity index (χ2n) is 12.4. The number of hydrogen-bond acceptors (Lipinski definition) is 6. The Morgan fingerprint density at radius 3 is 2.19 bits per heavy atom. The average Bonchev–Trinajstić information content (AvgIpc) is 3.66. The van der Waals surface area contributed by atoms with Crippen LogP contribution in [0, 0.1) is 17.8 Å². The fraction of sp³-hybridized carbons (Fsp3) is 0.472. The number of aliphatic hydroxyl groups is 1. The highest BCUT2D eigenvalue weighted by molar-refractivity contribution is 9.09. The maximum Gasteiger partial charge on any atom is 0.253 e. The molecule has 2 aromatic carbocycles. The lowest BCUT2D eigenvalue weighted by molar-refractivity contribution is -0.145. The molecule has 3 amide bonds. The molecule has 2 aromatic rings. The first-order valence-corrected chi connectivity index (χ1v) is 17.5. The number of nitrogens with zero attached hydrogens (tertiary/aromatic N) is 3. The first-order valence-electron chi connectivity index (χ1n) is 16.2. The number of amides is 3. The van der Waals surface area contributed by atoms with Gasteiger partial charge < -0.3 is 29.3 Å². The molecule has 0 aliphatic carbocycles. The van der Waals surface area contributed by atoms with Crippen LogP contribution in [0.5, 0.6) is 5.75 Å². The number of hydrogen-bond donors (Lipinski definition) is 1. The zero-order valence-corrected chi connectivity index (χ0v) is 29.4. The van der Waals surface area contributed by atoms with E-state index in [1.54, 1.807) is 70.5 Å². The summed E-state index contributed by atoms with van der Waals surface area (Å²) in [5.41, 5.74) is -0.0959. The van der Waals surface area contributed by atoms with E-state index in [-0.39, 0.29) is 48.2 Å². The van der Waals surface area contributed by atoms with E-state index in [0.717, 1.165) is 0 Å². The van der Waals surface area contributed by atoms with Crippen LogP contribution in [0.2, 0.25) is 5.02 Å². The number of fused-ring (bicyclic) bond motifs is 1. The topological polar surface area (TPSA) is 99.6 Å². The molecule has 47 heavy (non-hydrogen) atoms. The number of ether oxygens (including phenoxy) is 2. The van der Waals surface area contributed by atoms with Crippen LogP contribution < -0.4 is 14.5 Å². The minimum atomic E-state index is -1.31. The van der Waals surface area contributed by atoms with Crippen molar-refractivity contribution in [2.75, 3.05) is 36.1 Å². The van der Waals surface area contributed by atoms with Gasteiger partial charge in [0.05, 0.1) is 37.2 Å². The number of carbonyl (C=O) groups is 3. The standard InChI is InChI=1S/C36H43BrClN3O6/c1-6-18-39(25-14-16-26(17-15-25)46-9-4)33(43)29-30-34(44)41(28(21-42)22(5)8-3)32(36(30)20-27(37)31(29)47-36)35(45)40(19-7-2)24-12-10-23(38)11-13-24/h6-7,10-17,22,27-32,42H,1-2,8-9,18-21H2,3-5H3/t22-,27?,28-,29-,30-,31-,32?,36?/m0/s1. The number of benzene rings is 2. The molecule has 0 saturated carbocycles. The molecule has 3 heterocycles. The molecular weight excluding hydrogens is 686 g/mol. The van der Waals surface area contributed by atoms with E-state index in [9.17, 15) is 19.5 Å². The molecule has 1 spiro atoms. The summed E-state index contributed by atoms with van der Waals surface area (Å²) in [6, 6.07) is 12.3. The Morgan fingerprint density at radius 1 is 1.09 bits per heavy atom. The Kier molecular flexibility index (Phi) is 10.9. The van der Waals surface area contributed by atoms with Gasteiger partial charge in [-0.25, -0.2) is 0 Å². The minimum absolute atomic E-state index is 0.134. The summed E-state index contributed by atoms with van der Waals surface area (Å²) in [4.78, 5) is 48.8. The van der Waals surface area contributed by atoms with E-state index in [0.29, 0.717) is 41.6 Å². The highest BCUT2D eigenvalue weighted by Crippen LogP contribution is 2.61. The van der Waals surface area contributed by atoms with E-state index in [2.05, 4.69) is 29.1 Å². The zero-order chi connectivity index (χ0) is 34.0. The lowest BCUT2D eigenvalue weighted by atomic mass is 9.70. The predicted molar refractivity (Wildman–Crippen MR) is 187 cm³/mol. The molecule has 2 bridgehead atoms. The number of likely N-dealkylation sites (tertiary alicyclic amines) is 1. The summed E-state index contributed by atoms with van der Waals surface area (Å²) in [5.74, 6) is -2.29. The summed E-state index contributed by atoms with van der Waals surface area (Å²) in [7, 11) is 0. The van der Waals surface area contributed by atoms with Gasteiger partial charge in [0.25, 0.3) is 5.91 Å². The Labute approximate surface area is 290 Å². The van der Waals surface area contributed by atoms with Gasteiger partial charge in [-0.1, -0.05) is 60.0 Å². The molecule has 3 saturated heterocycles. The smallest absolute Gasteiger partial charge is 0.253 e. The summed E-state index contributed by atoms with van der Waals surface area (Å²) in [5, 5.41) is 11.2. The van der Waals surface area contributed by atoms with Crippen LogP contribution >= 0.6 is 27.5 Å². The molecule has 3 unspecified atom stereocenters. The van der Waals surface area contributed by atoms with Gasteiger partial charge in [-0.15, -0.1) is 13.2 Å². The third-order valence-electron chi connectivity index (χ3n) is 9.84. The Morgan fingerprint density at radius 2 is 1.66 bits per heavy atom. The summed E-state index contributed by atoms with van der Waals surface area (Å²) in [6.07, 6.45) is 3.62. The fourth-order valence-electron chi connectivity index (χ4n) is 7.54. The highest BCUT2D eigenvalue weighted by Gasteiger charge is 2.77. The van der Waals surface area contributed by atoms with Gasteiger partial charge in [0.2, 0.25) is 11.8 Å². The van der Waals surface area contributed by atoms with E-state index in [4.69, 9.17) is 21.1 Å². The van der Waals surface area contributed by atoms with Crippen molar-refractivity contribution in [1.82, 2.24) is 4.90 Å². The Hall–Kier alpha value is -3.18. The second kappa shape index (κ2) is 14.5. The maximum absolute atomic E-state index is 14.9. The third kappa shape index (κ3) is 6.14. The van der Waals surface area contributed by atoms with Crippen molar-refractivity contribution in [3.8, 4) is 5.75 Å². The summed E-state index contributed by atoms with van der Waals surface area (Å²) >= 11 is 9.95. The van der Waals surface area contributed by atoms with Crippen molar-refractivity contribution in [2.45, 2.75) is 62.2 Å². The first-order chi connectivity index (χ1) is 22.6. The SMILES string of the molecule is C=CCN(C(=O)C1N([C@@H](CO)[C@@H](C)CC)C(=O)[C@@H]2[C@H](C(=O)N(CC=C)c3ccc(OCC)cc3)[C@H]3OC12CC3Br)c1ccc(Cl)cc1. The van der Waals surface area contributed by atoms with Gasteiger partial charge in [-0.2, -0.15) is 0 Å². The van der Waals surface area contributed by atoms with Crippen LogP contribution in [-0.4, -0.2) is 82.6 Å². The largest absolute Gasteiger partial charge is 0.494 e. The van der Waals surface area contributed by atoms with Gasteiger partial charge in [-0.05, 0) is 67.8 Å². The van der Waals surface area contributed by atoms with Gasteiger partial charge >= 0.3 is 0 Å². The lowest BCUT2D eigenvalue weighted by Crippen LogP contribution is -2.60. The number of rotatable bonds is 14. The van der Waals surface area contributed by atoms with Crippen molar-refractivity contribution in [3.63, 3.8) is 0 Å². The molecule has 1 N–H and O–H groups in total. The van der Waals surface area contributed by atoms with E-state index < -0.39 is 35.6 Å². The number of halogens is 2. The van der Waals surface area contributed by atoms with Crippen molar-refractivity contribution < 1.29 is 29.0 Å². The summed E-state index contributed by atoms with van der Waals surface area (Å²) < 4.78 is 12.4. The molecule has 5 rings (SSSR count). The Balaban J connectivity index is 1.61. The van der Waals surface area contributed by atoms with Crippen LogP contribution in [0.1, 0.15) is 33.6 Å². The molecular formula is C36H43BrClN3O6. The van der Waals surface area contributed by atoms with Crippen molar-refractivity contribution in [3.05, 3.63) is 78.9 Å². The number of anilines is 2. The van der Waals surface area contributed by atoms with Crippen molar-refractivity contribution >= 4 is 56.6 Å². The fourth-order valence-corrected chi connectivity index (χ4v) is 8.61. The summed E-state index contributed by atoms with van der Waals surface area (Å²) in [6.45, 7) is 14.1. The van der Waals surface area contributed by atoms with Crippen LogP contribution in [0.3, 0.4) is 0 Å². The number of carbonyl (C=O) groups excluding carboxylic acids is 3. The van der Waals surface area contributed by atoms with E-state index in [1.807, 2.05) is 20.8 Å². The van der Waals surface area contributed by atoms with Crippen LogP contribution in [0.25, 0.3) is 0 Å². The molecule has 3 aliphatic rings. The molecule has 252 valence electrons. The monoisotopic (exact) mass is 727 g/mol. The van der Waals surface area contributed by atoms with Gasteiger partial charge in [-0.3, -0.25) is 14.4 Å².